The van der Waals surface area contributed by atoms with Crippen LogP contribution in [0.5, 0.6) is 0 Å². The number of nitrogens with zero attached hydrogens (tertiary/aromatic N) is 2. The molecule has 0 aliphatic carbocycles. The van der Waals surface area contributed by atoms with Gasteiger partial charge in [-0.25, -0.2) is 4.39 Å². The van der Waals surface area contributed by atoms with Gasteiger partial charge in [-0.15, -0.1) is 0 Å². The Morgan fingerprint density at radius 2 is 2.05 bits per heavy atom. The summed E-state index contributed by atoms with van der Waals surface area (Å²) in [4.78, 5) is 16.2. The van der Waals surface area contributed by atoms with Crippen LogP contribution in [0.2, 0.25) is 5.02 Å². The topological polar surface area (TPSA) is 70.7 Å². The van der Waals surface area contributed by atoms with Crippen molar-refractivity contribution in [2.45, 2.75) is 0 Å². The van der Waals surface area contributed by atoms with Crippen molar-refractivity contribution < 1.29 is 9.18 Å². The van der Waals surface area contributed by atoms with E-state index in [1.807, 2.05) is 6.07 Å². The average molecular weight is 317 g/mol. The van der Waals surface area contributed by atoms with Crippen LogP contribution >= 0.6 is 11.6 Å². The summed E-state index contributed by atoms with van der Waals surface area (Å²) in [5.41, 5.74) is 1.41. The summed E-state index contributed by atoms with van der Waals surface area (Å²) in [6.07, 6.45) is 1.63. The lowest BCUT2D eigenvalue weighted by Crippen LogP contribution is -2.13. The normalized spacial score (nSPS) is 10.5. The van der Waals surface area contributed by atoms with Crippen molar-refractivity contribution in [2.24, 2.45) is 0 Å². The third-order valence-corrected chi connectivity index (χ3v) is 3.16. The molecule has 0 saturated carbocycles. The van der Waals surface area contributed by atoms with E-state index in [4.69, 9.17) is 11.6 Å². The number of pyridine rings is 1. The third kappa shape index (κ3) is 2.96. The van der Waals surface area contributed by atoms with Crippen molar-refractivity contribution in [1.82, 2.24) is 15.2 Å². The molecule has 2 aromatic heterocycles. The number of benzene rings is 1. The van der Waals surface area contributed by atoms with E-state index in [-0.39, 0.29) is 16.4 Å². The van der Waals surface area contributed by atoms with E-state index in [9.17, 15) is 9.18 Å². The van der Waals surface area contributed by atoms with Crippen molar-refractivity contribution in [2.75, 3.05) is 5.32 Å². The fourth-order valence-corrected chi connectivity index (χ4v) is 2.02. The average Bonchev–Trinajstić information content (AvgIpc) is 3.01. The first-order chi connectivity index (χ1) is 10.6. The summed E-state index contributed by atoms with van der Waals surface area (Å²) in [5.74, 6) is -1.11. The van der Waals surface area contributed by atoms with Gasteiger partial charge >= 0.3 is 0 Å². The highest BCUT2D eigenvalue weighted by atomic mass is 35.5. The van der Waals surface area contributed by atoms with E-state index in [1.54, 1.807) is 24.4 Å². The van der Waals surface area contributed by atoms with E-state index in [1.165, 1.54) is 12.1 Å². The Labute approximate surface area is 130 Å². The number of aromatic nitrogens is 3. The number of hydrogen-bond acceptors (Lipinski definition) is 3. The molecule has 0 saturated heterocycles. The predicted octanol–water partition coefficient (Wildman–Crippen LogP) is 3.52. The Morgan fingerprint density at radius 1 is 1.18 bits per heavy atom. The van der Waals surface area contributed by atoms with Crippen molar-refractivity contribution in [1.29, 1.82) is 0 Å². The van der Waals surface area contributed by atoms with Crippen molar-refractivity contribution in [3.63, 3.8) is 0 Å². The third-order valence-electron chi connectivity index (χ3n) is 2.93. The molecule has 1 aromatic carbocycles. The van der Waals surface area contributed by atoms with E-state index < -0.39 is 11.7 Å². The van der Waals surface area contributed by atoms with Crippen molar-refractivity contribution in [3.05, 3.63) is 65.2 Å². The van der Waals surface area contributed by atoms with Gasteiger partial charge < -0.3 is 5.32 Å². The molecule has 3 rings (SSSR count). The Hall–Kier alpha value is -2.73. The first-order valence-corrected chi connectivity index (χ1v) is 6.74. The second-order valence-corrected chi connectivity index (χ2v) is 4.90. The summed E-state index contributed by atoms with van der Waals surface area (Å²) < 4.78 is 13.7. The zero-order chi connectivity index (χ0) is 15.5. The molecule has 22 heavy (non-hydrogen) atoms. The molecule has 3 aromatic rings. The van der Waals surface area contributed by atoms with Gasteiger partial charge in [0.25, 0.3) is 5.91 Å². The molecule has 0 aliphatic rings. The zero-order valence-electron chi connectivity index (χ0n) is 11.2. The second kappa shape index (κ2) is 5.95. The van der Waals surface area contributed by atoms with Crippen LogP contribution in [0.3, 0.4) is 0 Å². The van der Waals surface area contributed by atoms with Crippen LogP contribution in [0.15, 0.2) is 48.7 Å². The molecule has 2 N–H and O–H groups in total. The summed E-state index contributed by atoms with van der Waals surface area (Å²) in [7, 11) is 0. The van der Waals surface area contributed by atoms with Crippen LogP contribution in [-0.4, -0.2) is 21.1 Å². The molecule has 0 spiro atoms. The smallest absolute Gasteiger partial charge is 0.273 e. The lowest BCUT2D eigenvalue weighted by atomic mass is 10.2. The number of hydrogen-bond donors (Lipinski definition) is 2. The molecule has 2 heterocycles. The van der Waals surface area contributed by atoms with Gasteiger partial charge in [-0.2, -0.15) is 5.10 Å². The van der Waals surface area contributed by atoms with Crippen LogP contribution in [0.25, 0.3) is 11.4 Å². The van der Waals surface area contributed by atoms with Gasteiger partial charge in [-0.1, -0.05) is 17.7 Å². The highest BCUT2D eigenvalue weighted by Crippen LogP contribution is 2.20. The molecule has 0 unspecified atom stereocenters. The maximum absolute atomic E-state index is 13.7. The van der Waals surface area contributed by atoms with E-state index in [0.717, 1.165) is 6.07 Å². The molecule has 7 heteroatoms. The van der Waals surface area contributed by atoms with Gasteiger partial charge in [0.15, 0.2) is 0 Å². The van der Waals surface area contributed by atoms with Crippen LogP contribution in [-0.2, 0) is 0 Å². The lowest BCUT2D eigenvalue weighted by Gasteiger charge is -2.04. The highest BCUT2D eigenvalue weighted by molar-refractivity contribution is 6.30. The number of rotatable bonds is 3. The van der Waals surface area contributed by atoms with Gasteiger partial charge in [0.1, 0.15) is 17.2 Å². The van der Waals surface area contributed by atoms with Crippen LogP contribution < -0.4 is 5.32 Å². The van der Waals surface area contributed by atoms with Gasteiger partial charge in [-0.3, -0.25) is 14.9 Å². The molecule has 0 aliphatic heterocycles. The molecule has 0 bridgehead atoms. The second-order valence-electron chi connectivity index (χ2n) is 4.46. The first kappa shape index (κ1) is 14.2. The Bertz CT molecular complexity index is 819. The van der Waals surface area contributed by atoms with Gasteiger partial charge in [-0.05, 0) is 36.4 Å². The fraction of sp³-hybridized carbons (Fsp3) is 0. The van der Waals surface area contributed by atoms with Crippen molar-refractivity contribution >= 4 is 23.2 Å². The van der Waals surface area contributed by atoms with Crippen LogP contribution in [0, 0.1) is 5.82 Å². The minimum atomic E-state index is -0.606. The number of halogens is 2. The number of aromatic amines is 1. The maximum atomic E-state index is 13.7. The number of amides is 1. The molecular formula is C15H10ClFN4O. The fourth-order valence-electron chi connectivity index (χ4n) is 1.86. The van der Waals surface area contributed by atoms with Crippen LogP contribution in [0.4, 0.5) is 10.1 Å². The first-order valence-electron chi connectivity index (χ1n) is 6.37. The van der Waals surface area contributed by atoms with Gasteiger partial charge in [0.2, 0.25) is 0 Å². The molecule has 110 valence electrons. The SMILES string of the molecule is O=C(Nc1ccc(Cl)cc1F)c1cc(-c2ccccn2)n[nH]1. The minimum Gasteiger partial charge on any atom is -0.318 e. The molecule has 0 radical (unpaired) electrons. The number of carbonyl (C=O) groups is 1. The molecule has 0 fully saturated rings. The summed E-state index contributed by atoms with van der Waals surface area (Å²) >= 11 is 5.67. The molecule has 5 nitrogen and oxygen atoms in total. The quantitative estimate of drug-likeness (QED) is 0.776. The zero-order valence-corrected chi connectivity index (χ0v) is 11.9. The minimum absolute atomic E-state index is 0.0448. The Balaban J connectivity index is 1.80. The largest absolute Gasteiger partial charge is 0.318 e. The summed E-state index contributed by atoms with van der Waals surface area (Å²) in [6, 6.07) is 10.9. The van der Waals surface area contributed by atoms with E-state index in [0.29, 0.717) is 11.4 Å². The predicted molar refractivity (Wildman–Crippen MR) is 81.2 cm³/mol. The highest BCUT2D eigenvalue weighted by Gasteiger charge is 2.13. The number of H-pyrrole nitrogens is 1. The number of anilines is 1. The Kier molecular flexibility index (Phi) is 3.84. The van der Waals surface area contributed by atoms with E-state index >= 15 is 0 Å². The molecular weight excluding hydrogens is 307 g/mol. The monoisotopic (exact) mass is 316 g/mol. The van der Waals surface area contributed by atoms with E-state index in [2.05, 4.69) is 20.5 Å². The number of carbonyl (C=O) groups excluding carboxylic acids is 1. The number of nitrogens with one attached hydrogen (secondary N) is 2. The van der Waals surface area contributed by atoms with Gasteiger partial charge in [0, 0.05) is 11.2 Å². The van der Waals surface area contributed by atoms with Gasteiger partial charge in [0.05, 0.1) is 11.4 Å². The van der Waals surface area contributed by atoms with Crippen molar-refractivity contribution in [3.8, 4) is 11.4 Å². The Morgan fingerprint density at radius 3 is 2.77 bits per heavy atom. The standard InChI is InChI=1S/C15H10ClFN4O/c16-9-4-5-11(10(17)7-9)19-15(22)14-8-13(20-21-14)12-3-1-2-6-18-12/h1-8H,(H,19,22)(H,20,21). The summed E-state index contributed by atoms with van der Waals surface area (Å²) in [5, 5.41) is 9.34. The lowest BCUT2D eigenvalue weighted by molar-refractivity contribution is 0.102. The summed E-state index contributed by atoms with van der Waals surface area (Å²) in [6.45, 7) is 0. The molecule has 1 amide bonds. The molecule has 0 atom stereocenters. The maximum Gasteiger partial charge on any atom is 0.273 e. The van der Waals surface area contributed by atoms with Crippen LogP contribution in [0.1, 0.15) is 10.5 Å².